The predicted octanol–water partition coefficient (Wildman–Crippen LogP) is 3.24. The summed E-state index contributed by atoms with van der Waals surface area (Å²) in [4.78, 5) is 29.0. The largest absolute Gasteiger partial charge is 0.444 e. The van der Waals surface area contributed by atoms with Crippen molar-refractivity contribution in [3.05, 3.63) is 36.0 Å². The van der Waals surface area contributed by atoms with E-state index < -0.39 is 23.2 Å². The number of rotatable bonds is 3. The van der Waals surface area contributed by atoms with Crippen molar-refractivity contribution < 1.29 is 19.4 Å². The molecule has 0 atom stereocenters. The van der Waals surface area contributed by atoms with Crippen LogP contribution < -0.4 is 10.6 Å². The van der Waals surface area contributed by atoms with Crippen molar-refractivity contribution in [1.82, 2.24) is 10.3 Å². The zero-order valence-electron chi connectivity index (χ0n) is 17.4. The Morgan fingerprint density at radius 3 is 2.60 bits per heavy atom. The van der Waals surface area contributed by atoms with E-state index >= 15 is 0 Å². The molecule has 1 heterocycles. The van der Waals surface area contributed by atoms with Crippen LogP contribution in [0.15, 0.2) is 30.5 Å². The van der Waals surface area contributed by atoms with Gasteiger partial charge in [0.25, 0.3) is 5.91 Å². The Labute approximate surface area is 175 Å². The van der Waals surface area contributed by atoms with Crippen molar-refractivity contribution >= 4 is 28.6 Å². The monoisotopic (exact) mass is 410 g/mol. The van der Waals surface area contributed by atoms with Gasteiger partial charge >= 0.3 is 6.09 Å². The highest BCUT2D eigenvalue weighted by Crippen LogP contribution is 2.31. The molecular weight excluding hydrogens is 384 g/mol. The van der Waals surface area contributed by atoms with Crippen LogP contribution in [0.25, 0.3) is 10.9 Å². The number of aromatic nitrogens is 1. The molecule has 0 aliphatic heterocycles. The summed E-state index contributed by atoms with van der Waals surface area (Å²) in [7, 11) is 0. The van der Waals surface area contributed by atoms with Gasteiger partial charge in [0.05, 0.1) is 22.8 Å². The van der Waals surface area contributed by atoms with Crippen molar-refractivity contribution in [2.45, 2.75) is 63.7 Å². The fourth-order valence-corrected chi connectivity index (χ4v) is 3.50. The van der Waals surface area contributed by atoms with Crippen LogP contribution in [0.2, 0.25) is 0 Å². The predicted molar refractivity (Wildman–Crippen MR) is 112 cm³/mol. The summed E-state index contributed by atoms with van der Waals surface area (Å²) in [6.07, 6.45) is 2.41. The summed E-state index contributed by atoms with van der Waals surface area (Å²) in [6.45, 7) is 5.37. The highest BCUT2D eigenvalue weighted by molar-refractivity contribution is 6.04. The lowest BCUT2D eigenvalue weighted by Gasteiger charge is -2.35. The number of alkyl carbamates (subject to hydrolysis) is 1. The van der Waals surface area contributed by atoms with Crippen molar-refractivity contribution in [2.24, 2.45) is 0 Å². The van der Waals surface area contributed by atoms with E-state index in [2.05, 4.69) is 21.7 Å². The smallest absolute Gasteiger partial charge is 0.407 e. The van der Waals surface area contributed by atoms with Crippen molar-refractivity contribution in [3.63, 3.8) is 0 Å². The summed E-state index contributed by atoms with van der Waals surface area (Å²) >= 11 is 0. The lowest BCUT2D eigenvalue weighted by atomic mass is 9.81. The normalized spacial score (nSPS) is 21.5. The number of pyridine rings is 1. The number of carbonyl (C=O) groups excluding carboxylic acids is 2. The van der Waals surface area contributed by atoms with E-state index in [1.54, 1.807) is 51.2 Å². The number of nitrogens with zero attached hydrogens (tertiary/aromatic N) is 2. The van der Waals surface area contributed by atoms with Gasteiger partial charge in [-0.05, 0) is 70.7 Å². The summed E-state index contributed by atoms with van der Waals surface area (Å²) in [5.41, 5.74) is -0.529. The Morgan fingerprint density at radius 2 is 1.97 bits per heavy atom. The molecule has 2 amide bonds. The number of carbonyl (C=O) groups is 2. The second-order valence-electron chi connectivity index (χ2n) is 8.61. The molecule has 1 aliphatic carbocycles. The van der Waals surface area contributed by atoms with Gasteiger partial charge in [-0.1, -0.05) is 0 Å². The zero-order chi connectivity index (χ0) is 21.9. The number of anilines is 1. The number of nitriles is 1. The molecule has 0 bridgehead atoms. The van der Waals surface area contributed by atoms with Crippen LogP contribution in [0.1, 0.15) is 52.0 Å². The van der Waals surface area contributed by atoms with E-state index in [4.69, 9.17) is 10.00 Å². The van der Waals surface area contributed by atoms with Gasteiger partial charge in [0.2, 0.25) is 0 Å². The summed E-state index contributed by atoms with van der Waals surface area (Å²) in [5.74, 6) is -0.506. The van der Waals surface area contributed by atoms with Crippen LogP contribution in [0.5, 0.6) is 0 Å². The number of nitrogens with one attached hydrogen (secondary N) is 2. The van der Waals surface area contributed by atoms with E-state index in [1.165, 1.54) is 0 Å². The maximum Gasteiger partial charge on any atom is 0.407 e. The van der Waals surface area contributed by atoms with Gasteiger partial charge in [-0.3, -0.25) is 9.78 Å². The Balaban J connectivity index is 1.65. The molecule has 1 fully saturated rings. The minimum atomic E-state index is -1.53. The molecule has 0 spiro atoms. The molecule has 3 rings (SSSR count). The standard InChI is InChI=1S/C22H26N4O4/c1-21(2,3)30-20(28)25-15-6-9-22(29,10-7-15)19(27)26-18-8-11-24-17-5-4-14(13-23)12-16(17)18/h4-5,8,11-12,15,29H,6-7,9-10H2,1-3H3,(H,25,28)(H,24,26,27). The van der Waals surface area contributed by atoms with Gasteiger partial charge in [-0.2, -0.15) is 5.26 Å². The number of hydrogen-bond acceptors (Lipinski definition) is 6. The first kappa shape index (κ1) is 21.5. The molecule has 0 unspecified atom stereocenters. The van der Waals surface area contributed by atoms with Crippen molar-refractivity contribution in [2.75, 3.05) is 5.32 Å². The highest BCUT2D eigenvalue weighted by Gasteiger charge is 2.40. The zero-order valence-corrected chi connectivity index (χ0v) is 17.4. The SMILES string of the molecule is CC(C)(C)OC(=O)NC1CCC(O)(C(=O)Nc2ccnc3ccc(C#N)cc23)CC1. The maximum absolute atomic E-state index is 12.8. The molecule has 158 valence electrons. The lowest BCUT2D eigenvalue weighted by molar-refractivity contribution is -0.137. The highest BCUT2D eigenvalue weighted by atomic mass is 16.6. The number of aliphatic hydroxyl groups is 1. The number of benzene rings is 1. The van der Waals surface area contributed by atoms with Crippen molar-refractivity contribution in [1.29, 1.82) is 5.26 Å². The molecular formula is C22H26N4O4. The molecule has 8 nitrogen and oxygen atoms in total. The van der Waals surface area contributed by atoms with Gasteiger partial charge < -0.3 is 20.5 Å². The number of fused-ring (bicyclic) bond motifs is 1. The first-order valence-electron chi connectivity index (χ1n) is 9.92. The number of amides is 2. The molecule has 1 aromatic heterocycles. The average Bonchev–Trinajstić information content (AvgIpc) is 2.68. The third-order valence-corrected chi connectivity index (χ3v) is 5.08. The molecule has 2 aromatic rings. The number of ether oxygens (including phenoxy) is 1. The quantitative estimate of drug-likeness (QED) is 0.713. The van der Waals surface area contributed by atoms with E-state index in [9.17, 15) is 14.7 Å². The maximum atomic E-state index is 12.8. The molecule has 1 aromatic carbocycles. The minimum Gasteiger partial charge on any atom is -0.444 e. The third kappa shape index (κ3) is 5.05. The van der Waals surface area contributed by atoms with Crippen LogP contribution in [0.3, 0.4) is 0 Å². The lowest BCUT2D eigenvalue weighted by Crippen LogP contribution is -2.50. The average molecular weight is 410 g/mol. The van der Waals surface area contributed by atoms with Crippen LogP contribution >= 0.6 is 0 Å². The van der Waals surface area contributed by atoms with E-state index in [-0.39, 0.29) is 18.9 Å². The Morgan fingerprint density at radius 1 is 1.27 bits per heavy atom. The Bertz CT molecular complexity index is 998. The van der Waals surface area contributed by atoms with Gasteiger partial charge in [-0.15, -0.1) is 0 Å². The second-order valence-corrected chi connectivity index (χ2v) is 8.61. The van der Waals surface area contributed by atoms with Crippen LogP contribution in [0.4, 0.5) is 10.5 Å². The van der Waals surface area contributed by atoms with Gasteiger partial charge in [0.15, 0.2) is 0 Å². The summed E-state index contributed by atoms with van der Waals surface area (Å²) in [6, 6.07) is 8.58. The van der Waals surface area contributed by atoms with E-state index in [0.717, 1.165) is 0 Å². The summed E-state index contributed by atoms with van der Waals surface area (Å²) in [5, 5.41) is 26.2. The van der Waals surface area contributed by atoms with Gasteiger partial charge in [0.1, 0.15) is 11.2 Å². The third-order valence-electron chi connectivity index (χ3n) is 5.08. The van der Waals surface area contributed by atoms with Crippen LogP contribution in [-0.2, 0) is 9.53 Å². The molecule has 30 heavy (non-hydrogen) atoms. The molecule has 1 saturated carbocycles. The molecule has 8 heteroatoms. The Kier molecular flexibility index (Phi) is 5.94. The fraction of sp³-hybridized carbons (Fsp3) is 0.455. The topological polar surface area (TPSA) is 124 Å². The van der Waals surface area contributed by atoms with Crippen LogP contribution in [0, 0.1) is 11.3 Å². The first-order valence-corrected chi connectivity index (χ1v) is 9.92. The van der Waals surface area contributed by atoms with Crippen molar-refractivity contribution in [3.8, 4) is 6.07 Å². The molecule has 3 N–H and O–H groups in total. The number of hydrogen-bond donors (Lipinski definition) is 3. The van der Waals surface area contributed by atoms with E-state index in [0.29, 0.717) is 35.0 Å². The van der Waals surface area contributed by atoms with E-state index in [1.807, 2.05) is 0 Å². The molecule has 0 saturated heterocycles. The Hall–Kier alpha value is -3.18. The molecule has 0 radical (unpaired) electrons. The summed E-state index contributed by atoms with van der Waals surface area (Å²) < 4.78 is 5.26. The van der Waals surface area contributed by atoms with Gasteiger partial charge in [-0.25, -0.2) is 4.79 Å². The van der Waals surface area contributed by atoms with Crippen LogP contribution in [-0.4, -0.2) is 39.3 Å². The first-order chi connectivity index (χ1) is 14.1. The minimum absolute atomic E-state index is 0.159. The molecule has 1 aliphatic rings. The fourth-order valence-electron chi connectivity index (χ4n) is 3.50. The second kappa shape index (κ2) is 8.28. The van der Waals surface area contributed by atoms with Gasteiger partial charge in [0, 0.05) is 17.6 Å².